The van der Waals surface area contributed by atoms with Gasteiger partial charge in [-0.2, -0.15) is 0 Å². The predicted molar refractivity (Wildman–Crippen MR) is 77.5 cm³/mol. The highest BCUT2D eigenvalue weighted by molar-refractivity contribution is 5.94. The van der Waals surface area contributed by atoms with Crippen molar-refractivity contribution in [3.63, 3.8) is 0 Å². The van der Waals surface area contributed by atoms with E-state index in [0.29, 0.717) is 11.3 Å². The first kappa shape index (κ1) is 13.7. The van der Waals surface area contributed by atoms with E-state index < -0.39 is 0 Å². The van der Waals surface area contributed by atoms with Crippen LogP contribution < -0.4 is 10.1 Å². The van der Waals surface area contributed by atoms with Crippen molar-refractivity contribution < 1.29 is 14.1 Å². The van der Waals surface area contributed by atoms with Crippen molar-refractivity contribution in [2.75, 3.05) is 6.61 Å². The van der Waals surface area contributed by atoms with Gasteiger partial charge in [0.05, 0.1) is 12.8 Å². The molecule has 0 saturated heterocycles. The predicted octanol–water partition coefficient (Wildman–Crippen LogP) is 2.28. The monoisotopic (exact) mass is 286 g/mol. The number of carbonyl (C=O) groups is 1. The minimum absolute atomic E-state index is 0.0344. The first-order chi connectivity index (χ1) is 10.1. The van der Waals surface area contributed by atoms with E-state index in [2.05, 4.69) is 22.6 Å². The maximum atomic E-state index is 12.1. The van der Waals surface area contributed by atoms with Crippen LogP contribution in [0.5, 0.6) is 5.75 Å². The van der Waals surface area contributed by atoms with Crippen LogP contribution in [-0.2, 0) is 12.8 Å². The molecule has 3 rings (SSSR count). The average molecular weight is 286 g/mol. The van der Waals surface area contributed by atoms with Crippen LogP contribution in [0.15, 0.2) is 28.9 Å². The van der Waals surface area contributed by atoms with Crippen molar-refractivity contribution >= 4 is 5.91 Å². The third-order valence-corrected chi connectivity index (χ3v) is 3.67. The molecule has 1 aromatic heterocycles. The maximum Gasteiger partial charge on any atom is 0.256 e. The zero-order chi connectivity index (χ0) is 14.8. The zero-order valence-corrected chi connectivity index (χ0v) is 12.2. The summed E-state index contributed by atoms with van der Waals surface area (Å²) in [4.78, 5) is 12.1. The molecule has 1 aliphatic rings. The van der Waals surface area contributed by atoms with Gasteiger partial charge in [-0.3, -0.25) is 4.79 Å². The van der Waals surface area contributed by atoms with Crippen molar-refractivity contribution in [3.05, 3.63) is 46.8 Å². The molecule has 2 heterocycles. The van der Waals surface area contributed by atoms with Crippen molar-refractivity contribution in [1.29, 1.82) is 0 Å². The number of amides is 1. The summed E-state index contributed by atoms with van der Waals surface area (Å²) >= 11 is 0. The summed E-state index contributed by atoms with van der Waals surface area (Å²) in [5, 5.41) is 6.59. The van der Waals surface area contributed by atoms with Gasteiger partial charge in [-0.25, -0.2) is 0 Å². The molecule has 110 valence electrons. The number of hydrogen-bond donors (Lipinski definition) is 1. The summed E-state index contributed by atoms with van der Waals surface area (Å²) < 4.78 is 10.4. The smallest absolute Gasteiger partial charge is 0.256 e. The van der Waals surface area contributed by atoms with Gasteiger partial charge in [0.25, 0.3) is 5.91 Å². The SMILES string of the molecule is Cc1oncc1C(=O)N[C@@H](C)Cc1ccc2c(c1)CCO2. The van der Waals surface area contributed by atoms with E-state index >= 15 is 0 Å². The Morgan fingerprint density at radius 3 is 3.10 bits per heavy atom. The van der Waals surface area contributed by atoms with E-state index in [1.54, 1.807) is 6.92 Å². The van der Waals surface area contributed by atoms with Crippen molar-refractivity contribution in [2.45, 2.75) is 32.7 Å². The standard InChI is InChI=1S/C16H18N2O3/c1-10(18-16(19)14-9-17-21-11(14)2)7-12-3-4-15-13(8-12)5-6-20-15/h3-4,8-10H,5-7H2,1-2H3,(H,18,19)/t10-/m0/s1. The number of hydrogen-bond acceptors (Lipinski definition) is 4. The number of nitrogens with one attached hydrogen (secondary N) is 1. The van der Waals surface area contributed by atoms with E-state index in [9.17, 15) is 4.79 Å². The zero-order valence-electron chi connectivity index (χ0n) is 12.2. The highest BCUT2D eigenvalue weighted by atomic mass is 16.5. The number of carbonyl (C=O) groups excluding carboxylic acids is 1. The van der Waals surface area contributed by atoms with Gasteiger partial charge in [0.2, 0.25) is 0 Å². The Kier molecular flexibility index (Phi) is 3.64. The lowest BCUT2D eigenvalue weighted by Crippen LogP contribution is -2.34. The molecule has 1 amide bonds. The molecule has 5 heteroatoms. The van der Waals surface area contributed by atoms with Gasteiger partial charge in [0.15, 0.2) is 0 Å². The molecular formula is C16H18N2O3. The van der Waals surface area contributed by atoms with E-state index in [-0.39, 0.29) is 11.9 Å². The number of aryl methyl sites for hydroxylation is 1. The maximum absolute atomic E-state index is 12.1. The van der Waals surface area contributed by atoms with Crippen LogP contribution >= 0.6 is 0 Å². The number of nitrogens with zero attached hydrogens (tertiary/aromatic N) is 1. The lowest BCUT2D eigenvalue weighted by atomic mass is 10.0. The van der Waals surface area contributed by atoms with Crippen LogP contribution in [-0.4, -0.2) is 23.7 Å². The van der Waals surface area contributed by atoms with Crippen molar-refractivity contribution in [1.82, 2.24) is 10.5 Å². The Balaban J connectivity index is 1.63. The second kappa shape index (κ2) is 5.60. The average Bonchev–Trinajstić information content (AvgIpc) is 3.06. The van der Waals surface area contributed by atoms with E-state index in [1.165, 1.54) is 17.3 Å². The minimum Gasteiger partial charge on any atom is -0.493 e. The lowest BCUT2D eigenvalue weighted by molar-refractivity contribution is 0.0938. The van der Waals surface area contributed by atoms with Crippen LogP contribution in [0.4, 0.5) is 0 Å². The molecule has 0 aliphatic carbocycles. The van der Waals surface area contributed by atoms with Gasteiger partial charge in [-0.05, 0) is 37.5 Å². The molecule has 5 nitrogen and oxygen atoms in total. The Bertz CT molecular complexity index is 663. The fourth-order valence-corrected chi connectivity index (χ4v) is 2.59. The number of benzene rings is 1. The highest BCUT2D eigenvalue weighted by Gasteiger charge is 2.17. The summed E-state index contributed by atoms with van der Waals surface area (Å²) in [5.41, 5.74) is 2.94. The van der Waals surface area contributed by atoms with Crippen LogP contribution in [0.25, 0.3) is 0 Å². The normalized spacial score (nSPS) is 14.4. The molecule has 1 aliphatic heterocycles. The molecule has 1 aromatic carbocycles. The Labute approximate surface area is 123 Å². The summed E-state index contributed by atoms with van der Waals surface area (Å²) in [6.45, 7) is 4.48. The minimum atomic E-state index is -0.147. The van der Waals surface area contributed by atoms with Crippen LogP contribution in [0.1, 0.15) is 34.2 Å². The number of aromatic nitrogens is 1. The van der Waals surface area contributed by atoms with E-state index in [0.717, 1.165) is 25.2 Å². The van der Waals surface area contributed by atoms with E-state index in [4.69, 9.17) is 9.26 Å². The quantitative estimate of drug-likeness (QED) is 0.936. The molecule has 2 aromatic rings. The molecule has 0 bridgehead atoms. The Morgan fingerprint density at radius 2 is 2.33 bits per heavy atom. The first-order valence-corrected chi connectivity index (χ1v) is 7.10. The highest BCUT2D eigenvalue weighted by Crippen LogP contribution is 2.26. The molecule has 0 fully saturated rings. The largest absolute Gasteiger partial charge is 0.493 e. The Morgan fingerprint density at radius 1 is 1.48 bits per heavy atom. The third-order valence-electron chi connectivity index (χ3n) is 3.67. The Hall–Kier alpha value is -2.30. The van der Waals surface area contributed by atoms with Gasteiger partial charge < -0.3 is 14.6 Å². The molecule has 0 unspecified atom stereocenters. The van der Waals surface area contributed by atoms with Gasteiger partial charge in [0, 0.05) is 12.5 Å². The van der Waals surface area contributed by atoms with Crippen molar-refractivity contribution in [3.8, 4) is 5.75 Å². The molecule has 21 heavy (non-hydrogen) atoms. The van der Waals surface area contributed by atoms with Gasteiger partial charge in [-0.1, -0.05) is 17.3 Å². The van der Waals surface area contributed by atoms with Crippen molar-refractivity contribution in [2.24, 2.45) is 0 Å². The summed E-state index contributed by atoms with van der Waals surface area (Å²) in [6.07, 6.45) is 3.19. The second-order valence-corrected chi connectivity index (χ2v) is 5.41. The lowest BCUT2D eigenvalue weighted by Gasteiger charge is -2.14. The molecular weight excluding hydrogens is 268 g/mol. The van der Waals surface area contributed by atoms with Gasteiger partial charge >= 0.3 is 0 Å². The van der Waals surface area contributed by atoms with Crippen LogP contribution in [0.3, 0.4) is 0 Å². The molecule has 0 radical (unpaired) electrons. The molecule has 0 spiro atoms. The molecule has 1 atom stereocenters. The molecule has 1 N–H and O–H groups in total. The van der Waals surface area contributed by atoms with Crippen LogP contribution in [0.2, 0.25) is 0 Å². The first-order valence-electron chi connectivity index (χ1n) is 7.10. The fraction of sp³-hybridized carbons (Fsp3) is 0.375. The number of rotatable bonds is 4. The van der Waals surface area contributed by atoms with Crippen LogP contribution in [0, 0.1) is 6.92 Å². The van der Waals surface area contributed by atoms with Gasteiger partial charge in [0.1, 0.15) is 17.1 Å². The number of ether oxygens (including phenoxy) is 1. The fourth-order valence-electron chi connectivity index (χ4n) is 2.59. The van der Waals surface area contributed by atoms with Gasteiger partial charge in [-0.15, -0.1) is 0 Å². The molecule has 0 saturated carbocycles. The second-order valence-electron chi connectivity index (χ2n) is 5.41. The summed E-state index contributed by atoms with van der Waals surface area (Å²) in [5.74, 6) is 1.37. The van der Waals surface area contributed by atoms with E-state index in [1.807, 2.05) is 13.0 Å². The summed E-state index contributed by atoms with van der Waals surface area (Å²) in [7, 11) is 0. The summed E-state index contributed by atoms with van der Waals surface area (Å²) in [6, 6.07) is 6.26. The third kappa shape index (κ3) is 2.91. The number of fused-ring (bicyclic) bond motifs is 1. The topological polar surface area (TPSA) is 64.4 Å².